The van der Waals surface area contributed by atoms with Crippen molar-refractivity contribution in [1.29, 1.82) is 5.26 Å². The summed E-state index contributed by atoms with van der Waals surface area (Å²) in [4.78, 5) is 12.0. The zero-order chi connectivity index (χ0) is 17.6. The summed E-state index contributed by atoms with van der Waals surface area (Å²) in [6.07, 6.45) is 0. The quantitative estimate of drug-likeness (QED) is 0.706. The predicted octanol–water partition coefficient (Wildman–Crippen LogP) is 3.65. The number of carbonyl (C=O) groups excluding carboxylic acids is 1. The van der Waals surface area contributed by atoms with E-state index in [1.54, 1.807) is 24.3 Å². The number of carbonyl (C=O) groups is 1. The van der Waals surface area contributed by atoms with Crippen molar-refractivity contribution in [2.45, 2.75) is 12.1 Å². The third-order valence-corrected chi connectivity index (χ3v) is 4.11. The topological polar surface area (TPSA) is 91.8 Å². The van der Waals surface area contributed by atoms with Gasteiger partial charge in [0.1, 0.15) is 0 Å². The smallest absolute Gasteiger partial charge is 0.277 e. The van der Waals surface area contributed by atoms with Gasteiger partial charge in [-0.2, -0.15) is 5.26 Å². The molecule has 0 aliphatic heterocycles. The Labute approximate surface area is 148 Å². The molecular formula is C18H14N4O2S. The molecule has 0 unspecified atom stereocenters. The van der Waals surface area contributed by atoms with E-state index in [9.17, 15) is 4.79 Å². The lowest BCUT2D eigenvalue weighted by atomic mass is 10.1. The highest BCUT2D eigenvalue weighted by atomic mass is 32.2. The van der Waals surface area contributed by atoms with Crippen LogP contribution >= 0.6 is 11.8 Å². The minimum atomic E-state index is -0.190. The summed E-state index contributed by atoms with van der Waals surface area (Å²) in [6, 6.07) is 16.5. The lowest BCUT2D eigenvalue weighted by Crippen LogP contribution is -2.13. The van der Waals surface area contributed by atoms with Crippen LogP contribution in [0, 0.1) is 18.3 Å². The Morgan fingerprint density at radius 3 is 2.76 bits per heavy atom. The van der Waals surface area contributed by atoms with E-state index in [1.807, 2.05) is 37.3 Å². The number of aromatic nitrogens is 2. The second-order valence-corrected chi connectivity index (χ2v) is 6.20. The molecule has 0 saturated heterocycles. The maximum absolute atomic E-state index is 12.0. The molecule has 0 saturated carbocycles. The van der Waals surface area contributed by atoms with Crippen molar-refractivity contribution in [3.05, 3.63) is 59.7 Å². The zero-order valence-corrected chi connectivity index (χ0v) is 14.2. The van der Waals surface area contributed by atoms with Gasteiger partial charge in [-0.05, 0) is 43.3 Å². The molecule has 0 aliphatic rings. The van der Waals surface area contributed by atoms with Crippen LogP contribution in [0.4, 0.5) is 5.69 Å². The van der Waals surface area contributed by atoms with E-state index in [-0.39, 0.29) is 11.7 Å². The van der Waals surface area contributed by atoms with Crippen LogP contribution in [-0.2, 0) is 4.79 Å². The Morgan fingerprint density at radius 1 is 1.24 bits per heavy atom. The minimum Gasteiger partial charge on any atom is -0.411 e. The monoisotopic (exact) mass is 350 g/mol. The van der Waals surface area contributed by atoms with Gasteiger partial charge in [-0.3, -0.25) is 4.79 Å². The lowest BCUT2D eigenvalue weighted by Gasteiger charge is -2.03. The van der Waals surface area contributed by atoms with E-state index in [2.05, 4.69) is 15.5 Å². The molecule has 25 heavy (non-hydrogen) atoms. The highest BCUT2D eigenvalue weighted by Crippen LogP contribution is 2.23. The highest BCUT2D eigenvalue weighted by molar-refractivity contribution is 7.99. The van der Waals surface area contributed by atoms with Crippen LogP contribution < -0.4 is 5.32 Å². The number of aryl methyl sites for hydroxylation is 1. The van der Waals surface area contributed by atoms with Crippen molar-refractivity contribution < 1.29 is 9.21 Å². The second kappa shape index (κ2) is 7.64. The number of hydrogen-bond acceptors (Lipinski definition) is 6. The first-order valence-corrected chi connectivity index (χ1v) is 8.46. The van der Waals surface area contributed by atoms with E-state index < -0.39 is 0 Å². The fraction of sp³-hybridized carbons (Fsp3) is 0.111. The summed E-state index contributed by atoms with van der Waals surface area (Å²) in [5.74, 6) is 0.388. The van der Waals surface area contributed by atoms with E-state index in [0.717, 1.165) is 11.1 Å². The Bertz CT molecular complexity index is 929. The third-order valence-electron chi connectivity index (χ3n) is 3.30. The number of thioether (sulfide) groups is 1. The number of nitrogens with zero attached hydrogens (tertiary/aromatic N) is 3. The Hall–Kier alpha value is -3.11. The molecule has 3 aromatic rings. The van der Waals surface area contributed by atoms with E-state index >= 15 is 0 Å². The molecule has 0 bridgehead atoms. The summed E-state index contributed by atoms with van der Waals surface area (Å²) in [5.41, 5.74) is 3.13. The first kappa shape index (κ1) is 16.7. The van der Waals surface area contributed by atoms with Crippen LogP contribution in [0.15, 0.2) is 58.2 Å². The molecule has 1 aromatic heterocycles. The van der Waals surface area contributed by atoms with Gasteiger partial charge in [0, 0.05) is 11.3 Å². The molecule has 6 nitrogen and oxygen atoms in total. The number of nitriles is 1. The van der Waals surface area contributed by atoms with E-state index in [0.29, 0.717) is 22.4 Å². The van der Waals surface area contributed by atoms with Gasteiger partial charge in [0.2, 0.25) is 11.8 Å². The number of hydrogen-bond donors (Lipinski definition) is 1. The summed E-state index contributed by atoms with van der Waals surface area (Å²) in [7, 11) is 0. The van der Waals surface area contributed by atoms with Crippen molar-refractivity contribution in [2.24, 2.45) is 0 Å². The van der Waals surface area contributed by atoms with Crippen LogP contribution in [0.2, 0.25) is 0 Å². The van der Waals surface area contributed by atoms with Crippen LogP contribution in [-0.4, -0.2) is 21.9 Å². The van der Waals surface area contributed by atoms with Crippen LogP contribution in [0.1, 0.15) is 11.1 Å². The van der Waals surface area contributed by atoms with Crippen LogP contribution in [0.3, 0.4) is 0 Å². The first-order valence-electron chi connectivity index (χ1n) is 7.47. The molecule has 0 atom stereocenters. The Balaban J connectivity index is 1.56. The van der Waals surface area contributed by atoms with Gasteiger partial charge in [-0.25, -0.2) is 0 Å². The predicted molar refractivity (Wildman–Crippen MR) is 95.0 cm³/mol. The number of benzene rings is 2. The molecule has 3 rings (SSSR count). The molecule has 0 spiro atoms. The van der Waals surface area contributed by atoms with Crippen LogP contribution in [0.25, 0.3) is 11.5 Å². The molecular weight excluding hydrogens is 336 g/mol. The molecule has 0 aliphatic carbocycles. The number of nitrogens with one attached hydrogen (secondary N) is 1. The normalized spacial score (nSPS) is 10.2. The maximum Gasteiger partial charge on any atom is 0.277 e. The van der Waals surface area contributed by atoms with Crippen LogP contribution in [0.5, 0.6) is 0 Å². The molecule has 7 heteroatoms. The fourth-order valence-corrected chi connectivity index (χ4v) is 2.68. The average molecular weight is 350 g/mol. The largest absolute Gasteiger partial charge is 0.411 e. The van der Waals surface area contributed by atoms with Gasteiger partial charge in [-0.15, -0.1) is 10.2 Å². The van der Waals surface area contributed by atoms with Gasteiger partial charge < -0.3 is 9.73 Å². The number of amides is 1. The van der Waals surface area contributed by atoms with Gasteiger partial charge in [0.15, 0.2) is 0 Å². The third kappa shape index (κ3) is 4.46. The van der Waals surface area contributed by atoms with Crippen molar-refractivity contribution in [2.75, 3.05) is 11.1 Å². The SMILES string of the molecule is Cc1cccc(-c2nnc(SCC(=O)Nc3ccc(C#N)cc3)o2)c1. The Kier molecular flexibility index (Phi) is 5.11. The molecule has 1 heterocycles. The summed E-state index contributed by atoms with van der Waals surface area (Å²) in [6.45, 7) is 1.99. The molecule has 2 aromatic carbocycles. The average Bonchev–Trinajstić information content (AvgIpc) is 3.10. The van der Waals surface area contributed by atoms with Crippen molar-refractivity contribution in [3.8, 4) is 17.5 Å². The molecule has 1 N–H and O–H groups in total. The summed E-state index contributed by atoms with van der Waals surface area (Å²) < 4.78 is 5.58. The minimum absolute atomic E-state index is 0.148. The zero-order valence-electron chi connectivity index (χ0n) is 13.4. The molecule has 0 fully saturated rings. The molecule has 1 amide bonds. The first-order chi connectivity index (χ1) is 12.1. The highest BCUT2D eigenvalue weighted by Gasteiger charge is 2.11. The molecule has 124 valence electrons. The summed E-state index contributed by atoms with van der Waals surface area (Å²) >= 11 is 1.17. The fourth-order valence-electron chi connectivity index (χ4n) is 2.12. The molecule has 0 radical (unpaired) electrons. The van der Waals surface area contributed by atoms with Gasteiger partial charge in [0.05, 0.1) is 17.4 Å². The van der Waals surface area contributed by atoms with Gasteiger partial charge in [0.25, 0.3) is 5.22 Å². The Morgan fingerprint density at radius 2 is 2.04 bits per heavy atom. The van der Waals surface area contributed by atoms with E-state index in [4.69, 9.17) is 9.68 Å². The maximum atomic E-state index is 12.0. The summed E-state index contributed by atoms with van der Waals surface area (Å²) in [5, 5.41) is 19.8. The van der Waals surface area contributed by atoms with Gasteiger partial charge in [-0.1, -0.05) is 29.5 Å². The number of anilines is 1. The standard InChI is InChI=1S/C18H14N4O2S/c1-12-3-2-4-14(9-12)17-21-22-18(24-17)25-11-16(23)20-15-7-5-13(10-19)6-8-15/h2-9H,11H2,1H3,(H,20,23). The van der Waals surface area contributed by atoms with Crippen molar-refractivity contribution >= 4 is 23.4 Å². The second-order valence-electron chi connectivity index (χ2n) is 5.27. The van der Waals surface area contributed by atoms with Crippen molar-refractivity contribution in [1.82, 2.24) is 10.2 Å². The number of rotatable bonds is 5. The van der Waals surface area contributed by atoms with Gasteiger partial charge >= 0.3 is 0 Å². The lowest BCUT2D eigenvalue weighted by molar-refractivity contribution is -0.113. The van der Waals surface area contributed by atoms with Crippen molar-refractivity contribution in [3.63, 3.8) is 0 Å². The van der Waals surface area contributed by atoms with E-state index in [1.165, 1.54) is 11.8 Å².